The summed E-state index contributed by atoms with van der Waals surface area (Å²) in [4.78, 5) is 0. The Hall–Kier alpha value is -1.49. The molecule has 74 valence electrons. The van der Waals surface area contributed by atoms with Crippen molar-refractivity contribution in [3.63, 3.8) is 0 Å². The smallest absolute Gasteiger partial charge is 0.135 e. The van der Waals surface area contributed by atoms with Crippen LogP contribution >= 0.6 is 0 Å². The van der Waals surface area contributed by atoms with Gasteiger partial charge in [-0.1, -0.05) is 19.8 Å². The minimum atomic E-state index is -0.338. The summed E-state index contributed by atoms with van der Waals surface area (Å²) in [5.74, 6) is 3.05. The summed E-state index contributed by atoms with van der Waals surface area (Å²) in [5, 5.41) is 0. The van der Waals surface area contributed by atoms with Crippen molar-refractivity contribution < 1.29 is 9.13 Å². The van der Waals surface area contributed by atoms with Crippen LogP contribution in [0.25, 0.3) is 0 Å². The second-order valence-corrected chi connectivity index (χ2v) is 3.49. The zero-order chi connectivity index (χ0) is 10.6. The van der Waals surface area contributed by atoms with Gasteiger partial charge in [-0.3, -0.25) is 0 Å². The number of benzene rings is 1. The van der Waals surface area contributed by atoms with Gasteiger partial charge in [0.25, 0.3) is 0 Å². The van der Waals surface area contributed by atoms with Gasteiger partial charge in [0, 0.05) is 0 Å². The molecule has 0 aromatic heterocycles. The Balaban J connectivity index is 2.82. The van der Waals surface area contributed by atoms with E-state index < -0.39 is 0 Å². The van der Waals surface area contributed by atoms with Crippen LogP contribution in [-0.4, -0.2) is 6.61 Å². The molecule has 1 aromatic rings. The number of hydrogen-bond acceptors (Lipinski definition) is 1. The van der Waals surface area contributed by atoms with E-state index in [1.54, 1.807) is 6.07 Å². The summed E-state index contributed by atoms with van der Waals surface area (Å²) in [6.45, 7) is 4.67. The van der Waals surface area contributed by atoms with E-state index >= 15 is 0 Å². The molecule has 0 radical (unpaired) electrons. The topological polar surface area (TPSA) is 9.23 Å². The zero-order valence-corrected chi connectivity index (χ0v) is 8.38. The van der Waals surface area contributed by atoms with E-state index in [1.165, 1.54) is 12.1 Å². The highest BCUT2D eigenvalue weighted by molar-refractivity contribution is 5.44. The molecule has 0 spiro atoms. The van der Waals surface area contributed by atoms with Gasteiger partial charge in [-0.15, -0.1) is 6.42 Å². The first-order valence-electron chi connectivity index (χ1n) is 4.52. The number of terminal acetylenes is 1. The molecular weight excluding hydrogens is 179 g/mol. The predicted molar refractivity (Wildman–Crippen MR) is 54.7 cm³/mol. The average molecular weight is 192 g/mol. The maximum absolute atomic E-state index is 12.8. The van der Waals surface area contributed by atoms with Crippen molar-refractivity contribution in [1.29, 1.82) is 0 Å². The lowest BCUT2D eigenvalue weighted by molar-refractivity contribution is 0.270. The molecule has 0 atom stereocenters. The molecule has 0 unspecified atom stereocenters. The molecule has 0 fully saturated rings. The van der Waals surface area contributed by atoms with Crippen LogP contribution in [0.1, 0.15) is 19.4 Å². The SMILES string of the molecule is C#Cc1cc(F)ccc1OCC(C)C. The molecule has 0 aliphatic rings. The van der Waals surface area contributed by atoms with E-state index in [-0.39, 0.29) is 5.82 Å². The molecule has 0 saturated heterocycles. The first-order valence-corrected chi connectivity index (χ1v) is 4.52. The zero-order valence-electron chi connectivity index (χ0n) is 8.38. The lowest BCUT2D eigenvalue weighted by Crippen LogP contribution is -2.05. The quantitative estimate of drug-likeness (QED) is 0.669. The summed E-state index contributed by atoms with van der Waals surface area (Å²) >= 11 is 0. The molecule has 14 heavy (non-hydrogen) atoms. The van der Waals surface area contributed by atoms with E-state index in [0.717, 1.165) is 0 Å². The van der Waals surface area contributed by atoms with Crippen molar-refractivity contribution in [3.05, 3.63) is 29.6 Å². The van der Waals surface area contributed by atoms with Crippen LogP contribution < -0.4 is 4.74 Å². The van der Waals surface area contributed by atoms with Gasteiger partial charge in [-0.05, 0) is 24.1 Å². The molecule has 1 rings (SSSR count). The fourth-order valence-corrected chi connectivity index (χ4v) is 0.997. The van der Waals surface area contributed by atoms with Crippen LogP contribution in [0.3, 0.4) is 0 Å². The normalized spacial score (nSPS) is 9.93. The van der Waals surface area contributed by atoms with Gasteiger partial charge in [-0.25, -0.2) is 4.39 Å². The molecule has 0 saturated carbocycles. The molecule has 0 N–H and O–H groups in total. The average Bonchev–Trinajstić information content (AvgIpc) is 2.15. The van der Waals surface area contributed by atoms with Gasteiger partial charge in [0.05, 0.1) is 12.2 Å². The molecule has 0 bridgehead atoms. The number of rotatable bonds is 3. The first-order chi connectivity index (χ1) is 6.63. The van der Waals surface area contributed by atoms with E-state index in [4.69, 9.17) is 11.2 Å². The Bertz CT molecular complexity index is 350. The molecule has 2 heteroatoms. The third kappa shape index (κ3) is 2.77. The predicted octanol–water partition coefficient (Wildman–Crippen LogP) is 2.84. The second-order valence-electron chi connectivity index (χ2n) is 3.49. The summed E-state index contributed by atoms with van der Waals surface area (Å²) in [6, 6.07) is 4.21. The molecule has 0 aliphatic carbocycles. The second kappa shape index (κ2) is 4.66. The number of halogens is 1. The molecule has 1 aromatic carbocycles. The maximum Gasteiger partial charge on any atom is 0.135 e. The van der Waals surface area contributed by atoms with E-state index in [2.05, 4.69) is 5.92 Å². The molecular formula is C12H13FO. The van der Waals surface area contributed by atoms with Gasteiger partial charge < -0.3 is 4.74 Å². The molecule has 0 aliphatic heterocycles. The third-order valence-corrected chi connectivity index (χ3v) is 1.67. The van der Waals surface area contributed by atoms with E-state index in [9.17, 15) is 4.39 Å². The van der Waals surface area contributed by atoms with Crippen molar-refractivity contribution in [2.75, 3.05) is 6.61 Å². The van der Waals surface area contributed by atoms with Crippen molar-refractivity contribution in [1.82, 2.24) is 0 Å². The lowest BCUT2D eigenvalue weighted by Gasteiger charge is -2.10. The van der Waals surface area contributed by atoms with E-state index in [1.807, 2.05) is 13.8 Å². The van der Waals surface area contributed by atoms with E-state index in [0.29, 0.717) is 23.8 Å². The van der Waals surface area contributed by atoms with Crippen LogP contribution in [-0.2, 0) is 0 Å². The molecule has 0 heterocycles. The number of ether oxygens (including phenoxy) is 1. The maximum atomic E-state index is 12.8. The van der Waals surface area contributed by atoms with Gasteiger partial charge in [0.15, 0.2) is 0 Å². The minimum absolute atomic E-state index is 0.338. The Kier molecular flexibility index (Phi) is 3.53. The summed E-state index contributed by atoms with van der Waals surface area (Å²) in [5.41, 5.74) is 0.464. The Labute approximate surface area is 83.9 Å². The van der Waals surface area contributed by atoms with Crippen LogP contribution in [0.5, 0.6) is 5.75 Å². The van der Waals surface area contributed by atoms with Gasteiger partial charge in [0.2, 0.25) is 0 Å². The lowest BCUT2D eigenvalue weighted by atomic mass is 10.2. The van der Waals surface area contributed by atoms with Crippen molar-refractivity contribution in [2.45, 2.75) is 13.8 Å². The minimum Gasteiger partial charge on any atom is -0.492 e. The van der Waals surface area contributed by atoms with Gasteiger partial charge in [0.1, 0.15) is 11.6 Å². The highest BCUT2D eigenvalue weighted by Gasteiger charge is 2.03. The Morgan fingerprint density at radius 1 is 1.50 bits per heavy atom. The third-order valence-electron chi connectivity index (χ3n) is 1.67. The van der Waals surface area contributed by atoms with Crippen LogP contribution in [0.4, 0.5) is 4.39 Å². The Morgan fingerprint density at radius 3 is 2.79 bits per heavy atom. The largest absolute Gasteiger partial charge is 0.492 e. The van der Waals surface area contributed by atoms with Gasteiger partial charge >= 0.3 is 0 Å². The highest BCUT2D eigenvalue weighted by atomic mass is 19.1. The van der Waals surface area contributed by atoms with Crippen LogP contribution in [0.2, 0.25) is 0 Å². The van der Waals surface area contributed by atoms with Crippen molar-refractivity contribution in [3.8, 4) is 18.1 Å². The van der Waals surface area contributed by atoms with Crippen LogP contribution in [0.15, 0.2) is 18.2 Å². The first kappa shape index (κ1) is 10.6. The standard InChI is InChI=1S/C12H13FO/c1-4-10-7-11(13)5-6-12(10)14-8-9(2)3/h1,5-7,9H,8H2,2-3H3. The fraction of sp³-hybridized carbons (Fsp3) is 0.333. The summed E-state index contributed by atoms with van der Waals surface area (Å²) < 4.78 is 18.2. The van der Waals surface area contributed by atoms with Crippen LogP contribution in [0, 0.1) is 24.1 Å². The van der Waals surface area contributed by atoms with Crippen molar-refractivity contribution in [2.24, 2.45) is 5.92 Å². The number of hydrogen-bond donors (Lipinski definition) is 0. The Morgan fingerprint density at radius 2 is 2.21 bits per heavy atom. The highest BCUT2D eigenvalue weighted by Crippen LogP contribution is 2.19. The fourth-order valence-electron chi connectivity index (χ4n) is 0.997. The summed E-state index contributed by atoms with van der Waals surface area (Å²) in [7, 11) is 0. The molecule has 0 amide bonds. The molecule has 1 nitrogen and oxygen atoms in total. The van der Waals surface area contributed by atoms with Gasteiger partial charge in [-0.2, -0.15) is 0 Å². The monoisotopic (exact) mass is 192 g/mol. The summed E-state index contributed by atoms with van der Waals surface area (Å²) in [6.07, 6.45) is 5.23. The van der Waals surface area contributed by atoms with Crippen molar-refractivity contribution >= 4 is 0 Å².